The summed E-state index contributed by atoms with van der Waals surface area (Å²) in [6.07, 6.45) is 2.92. The van der Waals surface area contributed by atoms with Crippen molar-refractivity contribution in [2.75, 3.05) is 0 Å². The smallest absolute Gasteiger partial charge is 0.303 e. The van der Waals surface area contributed by atoms with Crippen LogP contribution in [-0.4, -0.2) is 39.4 Å². The first kappa shape index (κ1) is 22.4. The lowest BCUT2D eigenvalue weighted by Gasteiger charge is -2.63. The Hall–Kier alpha value is -0.750. The number of fused-ring (bicyclic) bond motifs is 5. The highest BCUT2D eigenvalue weighted by Gasteiger charge is 2.66. The summed E-state index contributed by atoms with van der Waals surface area (Å²) < 4.78 is 29.1. The number of hydrogen-bond donors (Lipinski definition) is 3. The highest BCUT2D eigenvalue weighted by atomic mass is 19.3. The van der Waals surface area contributed by atoms with Gasteiger partial charge in [0.25, 0.3) is 5.92 Å². The van der Waals surface area contributed by atoms with Crippen molar-refractivity contribution < 1.29 is 28.9 Å². The molecule has 0 heterocycles. The van der Waals surface area contributed by atoms with E-state index in [1.54, 1.807) is 0 Å². The number of aliphatic carboxylic acids is 1. The van der Waals surface area contributed by atoms with E-state index in [0.29, 0.717) is 30.6 Å². The van der Waals surface area contributed by atoms with E-state index in [-0.39, 0.29) is 42.4 Å². The molecule has 4 rings (SSSR count). The minimum Gasteiger partial charge on any atom is -0.481 e. The number of alkyl halides is 2. The van der Waals surface area contributed by atoms with E-state index in [1.807, 2.05) is 6.92 Å². The van der Waals surface area contributed by atoms with Crippen molar-refractivity contribution in [1.82, 2.24) is 0 Å². The van der Waals surface area contributed by atoms with Crippen LogP contribution in [0.2, 0.25) is 0 Å². The molecule has 0 aromatic rings. The zero-order chi connectivity index (χ0) is 22.1. The molecule has 10 atom stereocenters. The average Bonchev–Trinajstić information content (AvgIpc) is 2.99. The van der Waals surface area contributed by atoms with Crippen LogP contribution in [0.5, 0.6) is 0 Å². The van der Waals surface area contributed by atoms with E-state index in [0.717, 1.165) is 25.7 Å². The Morgan fingerprint density at radius 1 is 1.07 bits per heavy atom. The molecule has 4 fully saturated rings. The summed E-state index contributed by atoms with van der Waals surface area (Å²) in [7, 11) is 0. The minimum atomic E-state index is -3.05. The molecule has 0 aliphatic heterocycles. The fraction of sp³-hybridized carbons (Fsp3) is 0.958. The molecular formula is C24H38F2O4. The Morgan fingerprint density at radius 2 is 1.73 bits per heavy atom. The molecule has 0 spiro atoms. The predicted octanol–water partition coefficient (Wildman–Crippen LogP) is 4.72. The SMILES string of the molecule is C[C@H](CCC(=O)O)[C@H]1CC[C@H]2C3C(CCC12C)[C@@]1(C)CC(F)(F)[C@H](O)C[C@H]1C[C@@H]3O. The number of carboxylic acids is 1. The second-order valence-electron chi connectivity index (χ2n) is 11.6. The van der Waals surface area contributed by atoms with Gasteiger partial charge in [0.2, 0.25) is 0 Å². The first-order valence-corrected chi connectivity index (χ1v) is 11.9. The van der Waals surface area contributed by atoms with Gasteiger partial charge in [-0.2, -0.15) is 0 Å². The van der Waals surface area contributed by atoms with Crippen LogP contribution in [0.25, 0.3) is 0 Å². The number of rotatable bonds is 4. The number of aliphatic hydroxyl groups excluding tert-OH is 2. The van der Waals surface area contributed by atoms with Crippen LogP contribution in [0.4, 0.5) is 8.78 Å². The Labute approximate surface area is 178 Å². The topological polar surface area (TPSA) is 77.8 Å². The van der Waals surface area contributed by atoms with Crippen LogP contribution in [0.15, 0.2) is 0 Å². The molecule has 0 aromatic carbocycles. The standard InChI is InChI=1S/C24H38F2O4/c1-13(4-7-20(29)30)15-5-6-16-21-17(8-9-22(15,16)2)23(3)12-24(25,26)19(28)11-14(23)10-18(21)27/h13-19,21,27-28H,4-12H2,1-3H3,(H,29,30)/t13-,14-,15-,16+,17?,18+,19-,21?,22?,23+/m1/s1. The van der Waals surface area contributed by atoms with Crippen LogP contribution in [0.3, 0.4) is 0 Å². The third kappa shape index (κ3) is 3.32. The van der Waals surface area contributed by atoms with Gasteiger partial charge in [0.1, 0.15) is 6.10 Å². The van der Waals surface area contributed by atoms with Crippen molar-refractivity contribution in [1.29, 1.82) is 0 Å². The maximum Gasteiger partial charge on any atom is 0.303 e. The van der Waals surface area contributed by atoms with Crippen molar-refractivity contribution in [3.63, 3.8) is 0 Å². The molecular weight excluding hydrogens is 390 g/mol. The van der Waals surface area contributed by atoms with Crippen LogP contribution >= 0.6 is 0 Å². The van der Waals surface area contributed by atoms with Gasteiger partial charge < -0.3 is 15.3 Å². The van der Waals surface area contributed by atoms with E-state index in [2.05, 4.69) is 13.8 Å². The average molecular weight is 429 g/mol. The lowest BCUT2D eigenvalue weighted by atomic mass is 9.43. The third-order valence-corrected chi connectivity index (χ3v) is 10.3. The van der Waals surface area contributed by atoms with Gasteiger partial charge in [0, 0.05) is 12.8 Å². The van der Waals surface area contributed by atoms with Gasteiger partial charge in [-0.1, -0.05) is 20.8 Å². The Kier molecular flexibility index (Phi) is 5.53. The third-order valence-electron chi connectivity index (χ3n) is 10.3. The normalized spacial score (nSPS) is 50.8. The first-order chi connectivity index (χ1) is 13.9. The number of carboxylic acid groups (broad SMARTS) is 1. The van der Waals surface area contributed by atoms with Gasteiger partial charge in [-0.15, -0.1) is 0 Å². The van der Waals surface area contributed by atoms with Gasteiger partial charge in [0.05, 0.1) is 6.10 Å². The Morgan fingerprint density at radius 3 is 2.40 bits per heavy atom. The summed E-state index contributed by atoms with van der Waals surface area (Å²) in [5.74, 6) is -2.72. The number of hydrogen-bond acceptors (Lipinski definition) is 3. The van der Waals surface area contributed by atoms with Crippen molar-refractivity contribution in [3.8, 4) is 0 Å². The highest BCUT2D eigenvalue weighted by Crippen LogP contribution is 2.69. The maximum absolute atomic E-state index is 14.6. The molecule has 0 saturated heterocycles. The second kappa shape index (κ2) is 7.40. The van der Waals surface area contributed by atoms with E-state index in [4.69, 9.17) is 5.11 Å². The summed E-state index contributed by atoms with van der Waals surface area (Å²) in [5.41, 5.74) is -0.499. The lowest BCUT2D eigenvalue weighted by Crippen LogP contribution is -2.62. The molecule has 0 bridgehead atoms. The fourth-order valence-electron chi connectivity index (χ4n) is 8.76. The summed E-state index contributed by atoms with van der Waals surface area (Å²) in [5, 5.41) is 30.2. The van der Waals surface area contributed by atoms with Crippen LogP contribution in [0, 0.1) is 46.3 Å². The molecule has 0 amide bonds. The molecule has 4 aliphatic carbocycles. The van der Waals surface area contributed by atoms with Gasteiger partial charge in [-0.05, 0) is 91.3 Å². The van der Waals surface area contributed by atoms with Crippen molar-refractivity contribution >= 4 is 5.97 Å². The second-order valence-corrected chi connectivity index (χ2v) is 11.6. The number of aliphatic hydroxyl groups is 2. The summed E-state index contributed by atoms with van der Waals surface area (Å²) in [6, 6.07) is 0. The largest absolute Gasteiger partial charge is 0.481 e. The molecule has 172 valence electrons. The fourth-order valence-corrected chi connectivity index (χ4v) is 8.76. The van der Waals surface area contributed by atoms with E-state index in [9.17, 15) is 23.8 Å². The summed E-state index contributed by atoms with van der Waals surface area (Å²) in [6.45, 7) is 6.46. The molecule has 4 nitrogen and oxygen atoms in total. The van der Waals surface area contributed by atoms with Gasteiger partial charge in [-0.25, -0.2) is 8.78 Å². The molecule has 3 N–H and O–H groups in total. The van der Waals surface area contributed by atoms with E-state index < -0.39 is 29.5 Å². The van der Waals surface area contributed by atoms with Crippen molar-refractivity contribution in [2.24, 2.45) is 46.3 Å². The monoisotopic (exact) mass is 428 g/mol. The molecule has 0 aromatic heterocycles. The van der Waals surface area contributed by atoms with Crippen LogP contribution < -0.4 is 0 Å². The summed E-state index contributed by atoms with van der Waals surface area (Å²) >= 11 is 0. The Bertz CT molecular complexity index is 684. The lowest BCUT2D eigenvalue weighted by molar-refractivity contribution is -0.236. The van der Waals surface area contributed by atoms with Crippen LogP contribution in [-0.2, 0) is 4.79 Å². The number of carbonyl (C=O) groups is 1. The van der Waals surface area contributed by atoms with Crippen molar-refractivity contribution in [3.05, 3.63) is 0 Å². The molecule has 30 heavy (non-hydrogen) atoms. The molecule has 0 radical (unpaired) electrons. The highest BCUT2D eigenvalue weighted by molar-refractivity contribution is 5.66. The zero-order valence-electron chi connectivity index (χ0n) is 18.5. The molecule has 6 heteroatoms. The maximum atomic E-state index is 14.6. The quantitative estimate of drug-likeness (QED) is 0.605. The van der Waals surface area contributed by atoms with Gasteiger partial charge in [0.15, 0.2) is 0 Å². The van der Waals surface area contributed by atoms with E-state index >= 15 is 0 Å². The van der Waals surface area contributed by atoms with Crippen molar-refractivity contribution in [2.45, 2.75) is 96.7 Å². The Balaban J connectivity index is 1.59. The van der Waals surface area contributed by atoms with Crippen LogP contribution in [0.1, 0.15) is 78.6 Å². The minimum absolute atomic E-state index is 0.0349. The predicted molar refractivity (Wildman–Crippen MR) is 109 cm³/mol. The van der Waals surface area contributed by atoms with Gasteiger partial charge in [-0.3, -0.25) is 4.79 Å². The molecule has 4 saturated carbocycles. The van der Waals surface area contributed by atoms with Gasteiger partial charge >= 0.3 is 5.97 Å². The molecule has 4 aliphatic rings. The zero-order valence-corrected chi connectivity index (χ0v) is 18.5. The van der Waals surface area contributed by atoms with E-state index in [1.165, 1.54) is 0 Å². The number of halogens is 2. The first-order valence-electron chi connectivity index (χ1n) is 11.9. The molecule has 3 unspecified atom stereocenters. The summed E-state index contributed by atoms with van der Waals surface area (Å²) in [4.78, 5) is 11.0.